The minimum Gasteiger partial charge on any atom is -0.313 e. The highest BCUT2D eigenvalue weighted by atomic mass is 32.2. The van der Waals surface area contributed by atoms with Gasteiger partial charge in [-0.15, -0.1) is 11.8 Å². The highest BCUT2D eigenvalue weighted by molar-refractivity contribution is 7.99. The van der Waals surface area contributed by atoms with Gasteiger partial charge in [-0.2, -0.15) is 0 Å². The van der Waals surface area contributed by atoms with Gasteiger partial charge in [-0.1, -0.05) is 44.4 Å². The minimum absolute atomic E-state index is 0.690. The smallest absolute Gasteiger partial charge is 0.0189 e. The Morgan fingerprint density at radius 2 is 1.95 bits per heavy atom. The van der Waals surface area contributed by atoms with Crippen LogP contribution >= 0.6 is 11.8 Å². The molecule has 1 aliphatic carbocycles. The first-order valence-electron chi connectivity index (χ1n) is 7.73. The van der Waals surface area contributed by atoms with Crippen LogP contribution in [0.5, 0.6) is 0 Å². The Balaban J connectivity index is 1.91. The zero-order chi connectivity index (χ0) is 13.5. The van der Waals surface area contributed by atoms with E-state index in [9.17, 15) is 0 Å². The molecule has 0 aromatic heterocycles. The number of rotatable bonds is 6. The van der Waals surface area contributed by atoms with Crippen LogP contribution in [0, 0.1) is 12.8 Å². The van der Waals surface area contributed by atoms with Crippen LogP contribution in [0.25, 0.3) is 0 Å². The fourth-order valence-electron chi connectivity index (χ4n) is 3.06. The van der Waals surface area contributed by atoms with Crippen molar-refractivity contribution in [3.63, 3.8) is 0 Å². The molecule has 2 rings (SSSR count). The molecule has 0 radical (unpaired) electrons. The molecule has 0 aliphatic heterocycles. The molecule has 1 unspecified atom stereocenters. The van der Waals surface area contributed by atoms with Crippen molar-refractivity contribution < 1.29 is 0 Å². The van der Waals surface area contributed by atoms with Gasteiger partial charge < -0.3 is 5.32 Å². The summed E-state index contributed by atoms with van der Waals surface area (Å²) in [6.07, 6.45) is 7.15. The molecule has 0 amide bonds. The number of benzene rings is 1. The highest BCUT2D eigenvalue weighted by Gasteiger charge is 2.22. The first kappa shape index (κ1) is 14.9. The molecule has 1 aliphatic rings. The van der Waals surface area contributed by atoms with E-state index in [1.54, 1.807) is 0 Å². The molecule has 0 heterocycles. The average Bonchev–Trinajstić information content (AvgIpc) is 2.46. The Kier molecular flexibility index (Phi) is 6.25. The Bertz CT molecular complexity index is 371. The van der Waals surface area contributed by atoms with Gasteiger partial charge >= 0.3 is 0 Å². The summed E-state index contributed by atoms with van der Waals surface area (Å²) < 4.78 is 0. The van der Waals surface area contributed by atoms with Gasteiger partial charge in [0.1, 0.15) is 0 Å². The predicted octanol–water partition coefficient (Wildman–Crippen LogP) is 4.65. The Hall–Kier alpha value is -0.470. The van der Waals surface area contributed by atoms with Gasteiger partial charge in [0.05, 0.1) is 0 Å². The molecule has 1 aromatic carbocycles. The molecule has 1 saturated carbocycles. The third kappa shape index (κ3) is 4.54. The summed E-state index contributed by atoms with van der Waals surface area (Å²) in [6, 6.07) is 9.44. The van der Waals surface area contributed by atoms with Crippen LogP contribution in [-0.2, 0) is 0 Å². The Labute approximate surface area is 122 Å². The van der Waals surface area contributed by atoms with E-state index >= 15 is 0 Å². The summed E-state index contributed by atoms with van der Waals surface area (Å²) in [5.41, 5.74) is 1.41. The van der Waals surface area contributed by atoms with Gasteiger partial charge in [0, 0.05) is 16.7 Å². The second-order valence-electron chi connectivity index (χ2n) is 5.64. The van der Waals surface area contributed by atoms with Crippen LogP contribution in [0.2, 0.25) is 0 Å². The van der Waals surface area contributed by atoms with E-state index in [2.05, 4.69) is 43.4 Å². The van der Waals surface area contributed by atoms with Crippen molar-refractivity contribution in [1.82, 2.24) is 5.32 Å². The lowest BCUT2D eigenvalue weighted by atomic mass is 9.84. The van der Waals surface area contributed by atoms with Gasteiger partial charge in [0.2, 0.25) is 0 Å². The van der Waals surface area contributed by atoms with Crippen molar-refractivity contribution in [3.8, 4) is 0 Å². The Morgan fingerprint density at radius 3 is 2.63 bits per heavy atom. The number of nitrogens with one attached hydrogen (secondary N) is 1. The molecule has 106 valence electrons. The zero-order valence-corrected chi connectivity index (χ0v) is 13.1. The van der Waals surface area contributed by atoms with Crippen LogP contribution in [-0.4, -0.2) is 18.3 Å². The minimum atomic E-state index is 0.690. The van der Waals surface area contributed by atoms with Crippen molar-refractivity contribution in [2.24, 2.45) is 5.92 Å². The summed E-state index contributed by atoms with van der Waals surface area (Å²) in [7, 11) is 0. The summed E-state index contributed by atoms with van der Waals surface area (Å²) in [4.78, 5) is 1.45. The second kappa shape index (κ2) is 7.96. The Morgan fingerprint density at radius 1 is 1.21 bits per heavy atom. The molecule has 0 saturated heterocycles. The molecule has 1 aromatic rings. The fourth-order valence-corrected chi connectivity index (χ4v) is 4.28. The first-order chi connectivity index (χ1) is 9.31. The summed E-state index contributed by atoms with van der Waals surface area (Å²) in [5.74, 6) is 2.11. The largest absolute Gasteiger partial charge is 0.313 e. The second-order valence-corrected chi connectivity index (χ2v) is 6.70. The van der Waals surface area contributed by atoms with Crippen LogP contribution in [0.15, 0.2) is 29.2 Å². The van der Waals surface area contributed by atoms with Gasteiger partial charge in [-0.25, -0.2) is 0 Å². The van der Waals surface area contributed by atoms with E-state index in [-0.39, 0.29) is 0 Å². The highest BCUT2D eigenvalue weighted by Crippen LogP contribution is 2.30. The molecular weight excluding hydrogens is 250 g/mol. The number of thioether (sulfide) groups is 1. The molecule has 1 N–H and O–H groups in total. The van der Waals surface area contributed by atoms with Crippen LogP contribution in [0.4, 0.5) is 0 Å². The molecular formula is C17H27NS. The van der Waals surface area contributed by atoms with E-state index in [0.717, 1.165) is 12.5 Å². The van der Waals surface area contributed by atoms with E-state index in [4.69, 9.17) is 0 Å². The third-order valence-electron chi connectivity index (χ3n) is 4.20. The lowest BCUT2D eigenvalue weighted by Crippen LogP contribution is -2.39. The van der Waals surface area contributed by atoms with Crippen molar-refractivity contribution in [2.45, 2.75) is 56.9 Å². The molecule has 0 spiro atoms. The quantitative estimate of drug-likeness (QED) is 0.760. The lowest BCUT2D eigenvalue weighted by Gasteiger charge is -2.30. The lowest BCUT2D eigenvalue weighted by molar-refractivity contribution is 0.288. The molecule has 0 bridgehead atoms. The SMILES string of the molecule is CCNC(CSc1ccccc1C)C1CCCCC1. The maximum atomic E-state index is 3.72. The predicted molar refractivity (Wildman–Crippen MR) is 85.9 cm³/mol. The maximum Gasteiger partial charge on any atom is 0.0189 e. The average molecular weight is 277 g/mol. The molecule has 1 nitrogen and oxygen atoms in total. The van der Waals surface area contributed by atoms with Crippen LogP contribution < -0.4 is 5.32 Å². The molecule has 1 atom stereocenters. The van der Waals surface area contributed by atoms with Gasteiger partial charge in [0.25, 0.3) is 0 Å². The van der Waals surface area contributed by atoms with Crippen LogP contribution in [0.1, 0.15) is 44.6 Å². The summed E-state index contributed by atoms with van der Waals surface area (Å²) in [6.45, 7) is 5.54. The third-order valence-corrected chi connectivity index (χ3v) is 5.49. The normalized spacial score (nSPS) is 18.4. The summed E-state index contributed by atoms with van der Waals surface area (Å²) >= 11 is 2.03. The molecule has 2 heteroatoms. The van der Waals surface area contributed by atoms with Crippen molar-refractivity contribution in [3.05, 3.63) is 29.8 Å². The van der Waals surface area contributed by atoms with E-state index < -0.39 is 0 Å². The number of hydrogen-bond donors (Lipinski definition) is 1. The number of aryl methyl sites for hydroxylation is 1. The van der Waals surface area contributed by atoms with Crippen molar-refractivity contribution in [1.29, 1.82) is 0 Å². The van der Waals surface area contributed by atoms with Crippen LogP contribution in [0.3, 0.4) is 0 Å². The molecule has 19 heavy (non-hydrogen) atoms. The topological polar surface area (TPSA) is 12.0 Å². The van der Waals surface area contributed by atoms with E-state index in [0.29, 0.717) is 6.04 Å². The van der Waals surface area contributed by atoms with E-state index in [1.165, 1.54) is 48.3 Å². The van der Waals surface area contributed by atoms with Crippen molar-refractivity contribution >= 4 is 11.8 Å². The summed E-state index contributed by atoms with van der Waals surface area (Å²) in [5, 5.41) is 3.72. The zero-order valence-electron chi connectivity index (χ0n) is 12.3. The monoisotopic (exact) mass is 277 g/mol. The van der Waals surface area contributed by atoms with Crippen molar-refractivity contribution in [2.75, 3.05) is 12.3 Å². The van der Waals surface area contributed by atoms with Gasteiger partial charge in [-0.05, 0) is 43.9 Å². The molecule has 1 fully saturated rings. The first-order valence-corrected chi connectivity index (χ1v) is 8.71. The maximum absolute atomic E-state index is 3.72. The fraction of sp³-hybridized carbons (Fsp3) is 0.647. The van der Waals surface area contributed by atoms with Gasteiger partial charge in [-0.3, -0.25) is 0 Å². The standard InChI is InChI=1S/C17H27NS/c1-3-18-16(15-10-5-4-6-11-15)13-19-17-12-8-7-9-14(17)2/h7-9,12,15-16,18H,3-6,10-11,13H2,1-2H3. The van der Waals surface area contributed by atoms with E-state index in [1.807, 2.05) is 11.8 Å². The van der Waals surface area contributed by atoms with Gasteiger partial charge in [0.15, 0.2) is 0 Å². The number of hydrogen-bond acceptors (Lipinski definition) is 2.